The zero-order valence-electron chi connectivity index (χ0n) is 8.99. The molecule has 2 rings (SSSR count). The Bertz CT molecular complexity index is 434. The van der Waals surface area contributed by atoms with Gasteiger partial charge in [0.05, 0.1) is 6.61 Å². The van der Waals surface area contributed by atoms with E-state index in [0.29, 0.717) is 0 Å². The highest BCUT2D eigenvalue weighted by Crippen LogP contribution is 2.19. The molecule has 0 bridgehead atoms. The van der Waals surface area contributed by atoms with E-state index in [0.717, 1.165) is 30.6 Å². The lowest BCUT2D eigenvalue weighted by Gasteiger charge is -2.05. The van der Waals surface area contributed by atoms with Crippen LogP contribution < -0.4 is 4.74 Å². The summed E-state index contributed by atoms with van der Waals surface area (Å²) < 4.78 is 5.60. The van der Waals surface area contributed by atoms with Gasteiger partial charge in [-0.15, -0.1) is 0 Å². The molecule has 0 unspecified atom stereocenters. The molecule has 1 heteroatoms. The van der Waals surface area contributed by atoms with Crippen LogP contribution in [0, 0.1) is 6.07 Å². The van der Waals surface area contributed by atoms with E-state index in [1.807, 2.05) is 18.2 Å². The SMILES string of the molecule is CCCCOc1[c]c2ccccc2cc1. The zero-order valence-corrected chi connectivity index (χ0v) is 8.99. The number of hydrogen-bond acceptors (Lipinski definition) is 1. The van der Waals surface area contributed by atoms with Crippen molar-refractivity contribution in [1.29, 1.82) is 0 Å². The van der Waals surface area contributed by atoms with Crippen LogP contribution in [0.25, 0.3) is 10.8 Å². The van der Waals surface area contributed by atoms with E-state index < -0.39 is 0 Å². The fourth-order valence-electron chi connectivity index (χ4n) is 1.51. The largest absolute Gasteiger partial charge is 0.493 e. The summed E-state index contributed by atoms with van der Waals surface area (Å²) in [5.41, 5.74) is 0. The van der Waals surface area contributed by atoms with E-state index in [9.17, 15) is 0 Å². The highest BCUT2D eigenvalue weighted by Gasteiger charge is 1.96. The monoisotopic (exact) mass is 199 g/mol. The van der Waals surface area contributed by atoms with Crippen molar-refractivity contribution in [3.05, 3.63) is 42.5 Å². The summed E-state index contributed by atoms with van der Waals surface area (Å²) in [7, 11) is 0. The number of benzene rings is 2. The Morgan fingerprint density at radius 1 is 1.13 bits per heavy atom. The third-order valence-electron chi connectivity index (χ3n) is 2.39. The highest BCUT2D eigenvalue weighted by atomic mass is 16.5. The minimum Gasteiger partial charge on any atom is -0.493 e. The van der Waals surface area contributed by atoms with Crippen molar-refractivity contribution in [2.24, 2.45) is 0 Å². The first-order valence-corrected chi connectivity index (χ1v) is 5.44. The summed E-state index contributed by atoms with van der Waals surface area (Å²) in [4.78, 5) is 0. The van der Waals surface area contributed by atoms with Crippen molar-refractivity contribution in [2.75, 3.05) is 6.61 Å². The Morgan fingerprint density at radius 2 is 2.00 bits per heavy atom. The summed E-state index contributed by atoms with van der Waals surface area (Å²) in [5, 5.41) is 2.33. The average Bonchev–Trinajstić information content (AvgIpc) is 2.29. The van der Waals surface area contributed by atoms with Crippen LogP contribution >= 0.6 is 0 Å². The topological polar surface area (TPSA) is 9.23 Å². The van der Waals surface area contributed by atoms with Crippen molar-refractivity contribution in [3.8, 4) is 5.75 Å². The van der Waals surface area contributed by atoms with Crippen LogP contribution in [0.5, 0.6) is 5.75 Å². The van der Waals surface area contributed by atoms with E-state index in [1.54, 1.807) is 0 Å². The Balaban J connectivity index is 2.16. The quantitative estimate of drug-likeness (QED) is 0.680. The predicted octanol–water partition coefficient (Wildman–Crippen LogP) is 3.82. The van der Waals surface area contributed by atoms with Crippen LogP contribution in [0.2, 0.25) is 0 Å². The van der Waals surface area contributed by atoms with Gasteiger partial charge in [0.15, 0.2) is 0 Å². The van der Waals surface area contributed by atoms with Crippen LogP contribution in [0.4, 0.5) is 0 Å². The second kappa shape index (κ2) is 4.83. The molecule has 0 aromatic heterocycles. The fourth-order valence-corrected chi connectivity index (χ4v) is 1.51. The van der Waals surface area contributed by atoms with Gasteiger partial charge in [-0.25, -0.2) is 0 Å². The second-order valence-electron chi connectivity index (χ2n) is 3.61. The van der Waals surface area contributed by atoms with Gasteiger partial charge in [0.2, 0.25) is 0 Å². The molecule has 2 aromatic rings. The molecule has 0 N–H and O–H groups in total. The van der Waals surface area contributed by atoms with Gasteiger partial charge in [-0.2, -0.15) is 0 Å². The van der Waals surface area contributed by atoms with Crippen molar-refractivity contribution in [2.45, 2.75) is 19.8 Å². The van der Waals surface area contributed by atoms with Crippen molar-refractivity contribution < 1.29 is 4.74 Å². The van der Waals surface area contributed by atoms with Crippen LogP contribution in [0.3, 0.4) is 0 Å². The molecule has 0 saturated heterocycles. The Labute approximate surface area is 90.7 Å². The van der Waals surface area contributed by atoms with Gasteiger partial charge in [0, 0.05) is 6.07 Å². The van der Waals surface area contributed by atoms with Crippen LogP contribution in [0.15, 0.2) is 36.4 Å². The van der Waals surface area contributed by atoms with Gasteiger partial charge in [-0.3, -0.25) is 0 Å². The molecule has 1 nitrogen and oxygen atoms in total. The smallest absolute Gasteiger partial charge is 0.127 e. The minimum absolute atomic E-state index is 0.783. The number of unbranched alkanes of at least 4 members (excludes halogenated alkanes) is 1. The molecule has 0 amide bonds. The average molecular weight is 199 g/mol. The predicted molar refractivity (Wildman–Crippen MR) is 63.2 cm³/mol. The number of fused-ring (bicyclic) bond motifs is 1. The Morgan fingerprint density at radius 3 is 2.87 bits per heavy atom. The third kappa shape index (κ3) is 2.50. The Hall–Kier alpha value is -1.50. The highest BCUT2D eigenvalue weighted by molar-refractivity contribution is 5.83. The molecular formula is C14H15O. The van der Waals surface area contributed by atoms with Crippen molar-refractivity contribution in [1.82, 2.24) is 0 Å². The lowest BCUT2D eigenvalue weighted by molar-refractivity contribution is 0.309. The van der Waals surface area contributed by atoms with Gasteiger partial charge in [0.1, 0.15) is 5.75 Å². The first-order valence-electron chi connectivity index (χ1n) is 5.44. The number of ether oxygens (including phenoxy) is 1. The molecular weight excluding hydrogens is 184 g/mol. The summed E-state index contributed by atoms with van der Waals surface area (Å²) in [6, 6.07) is 15.5. The van der Waals surface area contributed by atoms with Gasteiger partial charge in [-0.05, 0) is 23.3 Å². The fraction of sp³-hybridized carbons (Fsp3) is 0.286. The van der Waals surface area contributed by atoms with Crippen molar-refractivity contribution >= 4 is 10.8 Å². The standard InChI is InChI=1S/C14H15O/c1-2-3-10-15-14-9-8-12-6-4-5-7-13(12)11-14/h4-9H,2-3,10H2,1H3. The van der Waals surface area contributed by atoms with E-state index in [1.165, 1.54) is 5.39 Å². The molecule has 1 radical (unpaired) electrons. The molecule has 0 aliphatic carbocycles. The van der Waals surface area contributed by atoms with Crippen LogP contribution in [0.1, 0.15) is 19.8 Å². The summed E-state index contributed by atoms with van der Waals surface area (Å²) >= 11 is 0. The summed E-state index contributed by atoms with van der Waals surface area (Å²) in [6.45, 7) is 2.94. The number of rotatable bonds is 4. The van der Waals surface area contributed by atoms with E-state index in [-0.39, 0.29) is 0 Å². The van der Waals surface area contributed by atoms with Crippen molar-refractivity contribution in [3.63, 3.8) is 0 Å². The van der Waals surface area contributed by atoms with Gasteiger partial charge >= 0.3 is 0 Å². The maximum Gasteiger partial charge on any atom is 0.127 e. The minimum atomic E-state index is 0.783. The van der Waals surface area contributed by atoms with E-state index in [4.69, 9.17) is 4.74 Å². The third-order valence-corrected chi connectivity index (χ3v) is 2.39. The molecule has 2 aromatic carbocycles. The molecule has 15 heavy (non-hydrogen) atoms. The second-order valence-corrected chi connectivity index (χ2v) is 3.61. The lowest BCUT2D eigenvalue weighted by atomic mass is 10.1. The molecule has 0 aliphatic rings. The van der Waals surface area contributed by atoms with E-state index >= 15 is 0 Å². The summed E-state index contributed by atoms with van der Waals surface area (Å²) in [5.74, 6) is 0.849. The maximum atomic E-state index is 5.60. The zero-order chi connectivity index (χ0) is 10.5. The van der Waals surface area contributed by atoms with Crippen LogP contribution in [-0.2, 0) is 0 Å². The lowest BCUT2D eigenvalue weighted by Crippen LogP contribution is -1.96. The van der Waals surface area contributed by atoms with Crippen LogP contribution in [-0.4, -0.2) is 6.61 Å². The molecule has 0 atom stereocenters. The summed E-state index contributed by atoms with van der Waals surface area (Å²) in [6.07, 6.45) is 2.26. The first kappa shape index (κ1) is 10.0. The maximum absolute atomic E-state index is 5.60. The molecule has 77 valence electrons. The van der Waals surface area contributed by atoms with Gasteiger partial charge in [0.25, 0.3) is 0 Å². The molecule has 0 heterocycles. The first-order chi connectivity index (χ1) is 7.40. The van der Waals surface area contributed by atoms with Gasteiger partial charge in [-0.1, -0.05) is 43.7 Å². The Kier molecular flexibility index (Phi) is 3.23. The molecule has 0 fully saturated rings. The molecule has 0 aliphatic heterocycles. The molecule has 0 saturated carbocycles. The van der Waals surface area contributed by atoms with Gasteiger partial charge < -0.3 is 4.74 Å². The number of hydrogen-bond donors (Lipinski definition) is 0. The molecule has 0 spiro atoms. The normalized spacial score (nSPS) is 10.5. The van der Waals surface area contributed by atoms with E-state index in [2.05, 4.69) is 31.2 Å².